The highest BCUT2D eigenvalue weighted by Crippen LogP contribution is 2.36. The van der Waals surface area contributed by atoms with Gasteiger partial charge in [-0.2, -0.15) is 0 Å². The maximum Gasteiger partial charge on any atom is 0.177 e. The number of benzene rings is 2. The zero-order valence-electron chi connectivity index (χ0n) is 18.2. The van der Waals surface area contributed by atoms with E-state index in [1.807, 2.05) is 61.5 Å². The van der Waals surface area contributed by atoms with E-state index in [4.69, 9.17) is 28.4 Å². The molecule has 1 heterocycles. The van der Waals surface area contributed by atoms with Crippen LogP contribution in [0.2, 0.25) is 0 Å². The van der Waals surface area contributed by atoms with Crippen molar-refractivity contribution in [2.24, 2.45) is 0 Å². The fraction of sp³-hybridized carbons (Fsp3) is 0.417. The Balaban J connectivity index is 1.90. The Kier molecular flexibility index (Phi) is 7.37. The Morgan fingerprint density at radius 1 is 0.900 bits per heavy atom. The normalized spacial score (nSPS) is 23.2. The van der Waals surface area contributed by atoms with E-state index < -0.39 is 11.9 Å². The lowest BCUT2D eigenvalue weighted by Crippen LogP contribution is -2.49. The lowest BCUT2D eigenvalue weighted by molar-refractivity contribution is -0.197. The Morgan fingerprint density at radius 3 is 2.20 bits per heavy atom. The summed E-state index contributed by atoms with van der Waals surface area (Å²) in [6.45, 7) is 2.42. The first-order valence-corrected chi connectivity index (χ1v) is 9.89. The van der Waals surface area contributed by atoms with E-state index in [1.165, 1.54) is 0 Å². The molecule has 0 aliphatic carbocycles. The molecule has 0 radical (unpaired) electrons. The van der Waals surface area contributed by atoms with Gasteiger partial charge in [0.25, 0.3) is 0 Å². The third-order valence-corrected chi connectivity index (χ3v) is 5.42. The average Bonchev–Trinajstić information content (AvgIpc) is 2.79. The molecule has 0 saturated heterocycles. The molecule has 0 amide bonds. The summed E-state index contributed by atoms with van der Waals surface area (Å²) in [6.07, 6.45) is 3.84. The Labute approximate surface area is 178 Å². The first-order chi connectivity index (χ1) is 14.5. The summed E-state index contributed by atoms with van der Waals surface area (Å²) >= 11 is 0. The van der Waals surface area contributed by atoms with Crippen LogP contribution in [0.4, 0.5) is 0 Å². The largest absolute Gasteiger partial charge is 0.497 e. The molecule has 6 heteroatoms. The summed E-state index contributed by atoms with van der Waals surface area (Å²) in [5.41, 5.74) is 1.32. The standard InChI is InChI=1S/C24H30O6/c1-17-24(13-12-23(28-5)30-17,29-16-18-6-8-20(25-2)9-7-18)15-19-14-21(26-3)10-11-22(19)27-4/h6-14,17,23H,15-16H2,1-5H3/t17-,23+,24+/m0/s1. The topological polar surface area (TPSA) is 55.4 Å². The zero-order valence-corrected chi connectivity index (χ0v) is 18.2. The predicted molar refractivity (Wildman–Crippen MR) is 114 cm³/mol. The van der Waals surface area contributed by atoms with E-state index in [-0.39, 0.29) is 6.10 Å². The molecule has 0 saturated carbocycles. The molecular weight excluding hydrogens is 384 g/mol. The molecule has 0 fully saturated rings. The van der Waals surface area contributed by atoms with Crippen molar-refractivity contribution in [3.63, 3.8) is 0 Å². The number of hydrogen-bond acceptors (Lipinski definition) is 6. The highest BCUT2D eigenvalue weighted by atomic mass is 16.7. The summed E-state index contributed by atoms with van der Waals surface area (Å²) < 4.78 is 34.1. The van der Waals surface area contributed by atoms with Crippen LogP contribution in [0.15, 0.2) is 54.6 Å². The SMILES string of the molecule is COc1ccc(CO[C@@]2(Cc3cc(OC)ccc3OC)C=C[C@H](OC)O[C@H]2C)cc1. The van der Waals surface area contributed by atoms with Gasteiger partial charge in [-0.3, -0.25) is 0 Å². The van der Waals surface area contributed by atoms with Gasteiger partial charge in [-0.1, -0.05) is 12.1 Å². The molecule has 0 N–H and O–H groups in total. The van der Waals surface area contributed by atoms with Crippen LogP contribution in [-0.4, -0.2) is 46.4 Å². The van der Waals surface area contributed by atoms with Crippen molar-refractivity contribution in [2.45, 2.75) is 37.9 Å². The fourth-order valence-electron chi connectivity index (χ4n) is 3.55. The van der Waals surface area contributed by atoms with Crippen molar-refractivity contribution >= 4 is 0 Å². The highest BCUT2D eigenvalue weighted by Gasteiger charge is 2.41. The third-order valence-electron chi connectivity index (χ3n) is 5.42. The van der Waals surface area contributed by atoms with Gasteiger partial charge in [0, 0.05) is 19.1 Å². The van der Waals surface area contributed by atoms with E-state index in [0.29, 0.717) is 13.0 Å². The van der Waals surface area contributed by atoms with Crippen LogP contribution in [-0.2, 0) is 27.2 Å². The van der Waals surface area contributed by atoms with Gasteiger partial charge in [0.1, 0.15) is 22.8 Å². The summed E-state index contributed by atoms with van der Waals surface area (Å²) in [5.74, 6) is 2.35. The molecule has 0 bridgehead atoms. The first kappa shape index (κ1) is 22.2. The Bertz CT molecular complexity index is 847. The maximum absolute atomic E-state index is 6.51. The van der Waals surface area contributed by atoms with Gasteiger partial charge in [-0.25, -0.2) is 0 Å². The predicted octanol–water partition coefficient (Wildman–Crippen LogP) is 4.16. The summed E-state index contributed by atoms with van der Waals surface area (Å²) in [7, 11) is 6.59. The third kappa shape index (κ3) is 4.95. The van der Waals surface area contributed by atoms with Crippen molar-refractivity contribution in [1.82, 2.24) is 0 Å². The van der Waals surface area contributed by atoms with E-state index in [1.54, 1.807) is 28.4 Å². The fourth-order valence-corrected chi connectivity index (χ4v) is 3.55. The summed E-state index contributed by atoms with van der Waals surface area (Å²) in [6, 6.07) is 13.6. The van der Waals surface area contributed by atoms with Crippen molar-refractivity contribution in [1.29, 1.82) is 0 Å². The van der Waals surface area contributed by atoms with Crippen LogP contribution in [0, 0.1) is 0 Å². The average molecular weight is 414 g/mol. The summed E-state index contributed by atoms with van der Waals surface area (Å²) in [4.78, 5) is 0. The van der Waals surface area contributed by atoms with E-state index in [2.05, 4.69) is 0 Å². The van der Waals surface area contributed by atoms with Gasteiger partial charge in [0.15, 0.2) is 6.29 Å². The molecular formula is C24H30O6. The van der Waals surface area contributed by atoms with Gasteiger partial charge in [0.05, 0.1) is 34.0 Å². The second kappa shape index (κ2) is 9.98. The van der Waals surface area contributed by atoms with Crippen LogP contribution in [0.3, 0.4) is 0 Å². The monoisotopic (exact) mass is 414 g/mol. The molecule has 2 aromatic carbocycles. The second-order valence-corrected chi connectivity index (χ2v) is 7.19. The molecule has 0 unspecified atom stereocenters. The molecule has 2 aromatic rings. The second-order valence-electron chi connectivity index (χ2n) is 7.19. The van der Waals surface area contributed by atoms with Gasteiger partial charge in [-0.05, 0) is 55.0 Å². The molecule has 3 atom stereocenters. The van der Waals surface area contributed by atoms with E-state index in [9.17, 15) is 0 Å². The molecule has 162 valence electrons. The van der Waals surface area contributed by atoms with Gasteiger partial charge in [0.2, 0.25) is 0 Å². The number of ether oxygens (including phenoxy) is 6. The molecule has 6 nitrogen and oxygen atoms in total. The van der Waals surface area contributed by atoms with E-state index >= 15 is 0 Å². The lowest BCUT2D eigenvalue weighted by atomic mass is 9.86. The zero-order chi connectivity index (χ0) is 21.6. The maximum atomic E-state index is 6.51. The Morgan fingerprint density at radius 2 is 1.60 bits per heavy atom. The van der Waals surface area contributed by atoms with Crippen LogP contribution < -0.4 is 14.2 Å². The molecule has 1 aliphatic heterocycles. The van der Waals surface area contributed by atoms with Crippen molar-refractivity contribution < 1.29 is 28.4 Å². The highest BCUT2D eigenvalue weighted by molar-refractivity contribution is 5.42. The van der Waals surface area contributed by atoms with Crippen molar-refractivity contribution in [3.8, 4) is 17.2 Å². The summed E-state index contributed by atoms with van der Waals surface area (Å²) in [5, 5.41) is 0. The van der Waals surface area contributed by atoms with Crippen LogP contribution in [0.1, 0.15) is 18.1 Å². The van der Waals surface area contributed by atoms with Gasteiger partial charge < -0.3 is 28.4 Å². The van der Waals surface area contributed by atoms with Crippen LogP contribution >= 0.6 is 0 Å². The van der Waals surface area contributed by atoms with Crippen molar-refractivity contribution in [2.75, 3.05) is 28.4 Å². The smallest absolute Gasteiger partial charge is 0.177 e. The Hall–Kier alpha value is -2.54. The minimum absolute atomic E-state index is 0.249. The van der Waals surface area contributed by atoms with E-state index in [0.717, 1.165) is 28.4 Å². The molecule has 30 heavy (non-hydrogen) atoms. The molecule has 0 spiro atoms. The van der Waals surface area contributed by atoms with Crippen molar-refractivity contribution in [3.05, 3.63) is 65.7 Å². The first-order valence-electron chi connectivity index (χ1n) is 9.89. The van der Waals surface area contributed by atoms with Gasteiger partial charge >= 0.3 is 0 Å². The molecule has 0 aromatic heterocycles. The number of hydrogen-bond donors (Lipinski definition) is 0. The van der Waals surface area contributed by atoms with Gasteiger partial charge in [-0.15, -0.1) is 0 Å². The van der Waals surface area contributed by atoms with Crippen LogP contribution in [0.5, 0.6) is 17.2 Å². The minimum atomic E-state index is -0.700. The quantitative estimate of drug-likeness (QED) is 0.575. The molecule has 1 aliphatic rings. The number of rotatable bonds is 9. The van der Waals surface area contributed by atoms with Crippen LogP contribution in [0.25, 0.3) is 0 Å². The number of methoxy groups -OCH3 is 4. The lowest BCUT2D eigenvalue weighted by Gasteiger charge is -2.41. The minimum Gasteiger partial charge on any atom is -0.497 e. The molecule has 3 rings (SSSR count).